The largest absolute Gasteiger partial charge is 0.379 e. The molecule has 1 unspecified atom stereocenters. The van der Waals surface area contributed by atoms with Crippen LogP contribution < -0.4 is 11.0 Å². The fraction of sp³-hybridized carbons (Fsp3) is 0.727. The quantitative estimate of drug-likeness (QED) is 0.105. The molecule has 0 radical (unpaired) electrons. The molecular formula is C22H42NO6P. The zero-order valence-corrected chi connectivity index (χ0v) is 19.8. The van der Waals surface area contributed by atoms with Crippen LogP contribution in [0.4, 0.5) is 0 Å². The van der Waals surface area contributed by atoms with Crippen molar-refractivity contribution in [2.45, 2.75) is 65.2 Å². The van der Waals surface area contributed by atoms with Gasteiger partial charge in [0.25, 0.3) is 0 Å². The maximum absolute atomic E-state index is 13.0. The van der Waals surface area contributed by atoms with Gasteiger partial charge in [-0.2, -0.15) is 0 Å². The van der Waals surface area contributed by atoms with Crippen LogP contribution in [0.5, 0.6) is 5.75 Å². The van der Waals surface area contributed by atoms with Gasteiger partial charge in [0.05, 0.1) is 32.6 Å². The lowest BCUT2D eigenvalue weighted by Gasteiger charge is -2.17. The van der Waals surface area contributed by atoms with Crippen molar-refractivity contribution >= 4 is 7.60 Å². The van der Waals surface area contributed by atoms with Crippen LogP contribution in [0, 0.1) is 0 Å². The molecular weight excluding hydrogens is 405 g/mol. The number of hydrogen-bond acceptors (Lipinski definition) is 7. The Morgan fingerprint density at radius 3 is 2.07 bits per heavy atom. The molecule has 0 amide bonds. The molecule has 1 atom stereocenters. The third-order valence-corrected chi connectivity index (χ3v) is 5.97. The van der Waals surface area contributed by atoms with Crippen LogP contribution in [0.25, 0.3) is 0 Å². The minimum Gasteiger partial charge on any atom is -0.379 e. The van der Waals surface area contributed by atoms with E-state index < -0.39 is 7.60 Å². The highest BCUT2D eigenvalue weighted by atomic mass is 31.2. The highest BCUT2D eigenvalue weighted by Crippen LogP contribution is 2.48. The van der Waals surface area contributed by atoms with Crippen molar-refractivity contribution in [2.75, 3.05) is 39.2 Å². The third kappa shape index (κ3) is 15.8. The Labute approximate surface area is 182 Å². The molecule has 30 heavy (non-hydrogen) atoms. The maximum atomic E-state index is 13.0. The molecule has 0 aliphatic heterocycles. The topological polar surface area (TPSA) is 98.2 Å². The number of unbranched alkanes of at least 4 members (excludes halogenated alkanes) is 7. The first-order valence-corrected chi connectivity index (χ1v) is 12.7. The number of hydrogen-bond donors (Lipinski definition) is 1. The zero-order chi connectivity index (χ0) is 21.0. The fourth-order valence-electron chi connectivity index (χ4n) is 2.68. The third-order valence-electron chi connectivity index (χ3n) is 4.36. The summed E-state index contributed by atoms with van der Waals surface area (Å²) in [7, 11) is -3.40. The van der Waals surface area contributed by atoms with Crippen molar-refractivity contribution in [2.24, 2.45) is 0 Å². The Bertz CT molecular complexity index is 532. The highest BCUT2D eigenvalue weighted by Gasteiger charge is 2.27. The molecule has 1 aromatic carbocycles. The molecule has 0 heterocycles. The molecule has 0 aliphatic rings. The summed E-state index contributed by atoms with van der Waals surface area (Å²) in [6.45, 7) is 6.43. The Kier molecular flexibility index (Phi) is 19.3. The summed E-state index contributed by atoms with van der Waals surface area (Å²) >= 11 is 0. The molecule has 7 nitrogen and oxygen atoms in total. The molecule has 3 N–H and O–H groups in total. The zero-order valence-electron chi connectivity index (χ0n) is 18.9. The van der Waals surface area contributed by atoms with E-state index >= 15 is 0 Å². The first-order valence-electron chi connectivity index (χ1n) is 11.0. The van der Waals surface area contributed by atoms with Gasteiger partial charge in [0, 0.05) is 6.61 Å². The molecule has 0 bridgehead atoms. The Balaban J connectivity index is 0.00000841. The molecule has 1 rings (SSSR count). The minimum absolute atomic E-state index is 0. The van der Waals surface area contributed by atoms with Crippen LogP contribution >= 0.6 is 7.60 Å². The van der Waals surface area contributed by atoms with Gasteiger partial charge in [-0.1, -0.05) is 74.7 Å². The number of para-hydroxylation sites is 1. The Morgan fingerprint density at radius 1 is 0.767 bits per heavy atom. The summed E-state index contributed by atoms with van der Waals surface area (Å²) < 4.78 is 34.5. The van der Waals surface area contributed by atoms with E-state index in [4.69, 9.17) is 23.6 Å². The number of benzene rings is 1. The molecule has 0 saturated carbocycles. The maximum Gasteiger partial charge on any atom is 0.371 e. The molecule has 0 aliphatic carbocycles. The van der Waals surface area contributed by atoms with Gasteiger partial charge < -0.3 is 25.0 Å². The van der Waals surface area contributed by atoms with E-state index in [0.29, 0.717) is 32.2 Å². The van der Waals surface area contributed by atoms with Gasteiger partial charge in [0.2, 0.25) is 0 Å². The Morgan fingerprint density at radius 2 is 1.40 bits per heavy atom. The summed E-state index contributed by atoms with van der Waals surface area (Å²) in [5.74, 6) is 0.487. The first kappa shape index (κ1) is 29.1. The number of rotatable bonds is 20. The van der Waals surface area contributed by atoms with Gasteiger partial charge in [-0.05, 0) is 25.5 Å². The molecule has 0 fully saturated rings. The summed E-state index contributed by atoms with van der Waals surface area (Å²) in [6, 6.07) is 8.99. The Hall–Kier alpha value is -0.950. The van der Waals surface area contributed by atoms with Crippen molar-refractivity contribution in [3.63, 3.8) is 0 Å². The molecule has 176 valence electrons. The second-order valence-corrected chi connectivity index (χ2v) is 9.00. The normalized spacial score (nSPS) is 12.9. The van der Waals surface area contributed by atoms with Crippen LogP contribution in [0.2, 0.25) is 0 Å². The van der Waals surface area contributed by atoms with E-state index in [1.807, 2.05) is 25.1 Å². The summed E-state index contributed by atoms with van der Waals surface area (Å²) in [6.07, 6.45) is 9.69. The standard InChI is InChI=1S/C22H39O6P.H3N/c1-3-5-6-7-8-9-10-14-17-26-29(23,21-20-25-19-18-24-4-2)28-27-22-15-12-11-13-16-22;/h11-13,15-16H,3-10,14,17-21H2,1-2H3;1H3. The van der Waals surface area contributed by atoms with E-state index in [2.05, 4.69) is 6.92 Å². The number of ether oxygens (including phenoxy) is 2. The SMILES string of the molecule is CCCCCCCCCCOP(=O)(CCOCCOCC)OOc1ccccc1.N. The van der Waals surface area contributed by atoms with Gasteiger partial charge in [0.1, 0.15) is 0 Å². The molecule has 0 aromatic heterocycles. The van der Waals surface area contributed by atoms with E-state index in [0.717, 1.165) is 12.8 Å². The van der Waals surface area contributed by atoms with E-state index in [1.54, 1.807) is 12.1 Å². The van der Waals surface area contributed by atoms with E-state index in [9.17, 15) is 4.57 Å². The first-order chi connectivity index (χ1) is 14.2. The van der Waals surface area contributed by atoms with Gasteiger partial charge in [-0.25, -0.2) is 0 Å². The molecule has 0 spiro atoms. The van der Waals surface area contributed by atoms with Crippen molar-refractivity contribution in [3.8, 4) is 5.75 Å². The van der Waals surface area contributed by atoms with Gasteiger partial charge in [-0.15, -0.1) is 0 Å². The lowest BCUT2D eigenvalue weighted by atomic mass is 10.1. The smallest absolute Gasteiger partial charge is 0.371 e. The molecule has 1 aromatic rings. The van der Waals surface area contributed by atoms with E-state index in [1.165, 1.54) is 38.5 Å². The predicted octanol–water partition coefficient (Wildman–Crippen LogP) is 6.56. The average Bonchev–Trinajstić information content (AvgIpc) is 2.74. The van der Waals surface area contributed by atoms with Crippen molar-refractivity contribution in [1.82, 2.24) is 6.15 Å². The molecule has 0 saturated heterocycles. The van der Waals surface area contributed by atoms with Crippen LogP contribution in [-0.4, -0.2) is 39.2 Å². The second-order valence-electron chi connectivity index (χ2n) is 6.92. The lowest BCUT2D eigenvalue weighted by Crippen LogP contribution is -2.11. The average molecular weight is 448 g/mol. The summed E-state index contributed by atoms with van der Waals surface area (Å²) in [5, 5.41) is 0. The minimum atomic E-state index is -3.40. The highest BCUT2D eigenvalue weighted by molar-refractivity contribution is 7.53. The van der Waals surface area contributed by atoms with E-state index in [-0.39, 0.29) is 18.9 Å². The lowest BCUT2D eigenvalue weighted by molar-refractivity contribution is -0.113. The van der Waals surface area contributed by atoms with Crippen LogP contribution in [0.3, 0.4) is 0 Å². The fourth-order valence-corrected chi connectivity index (χ4v) is 3.89. The van der Waals surface area contributed by atoms with Gasteiger partial charge in [-0.3, -0.25) is 4.57 Å². The second kappa shape index (κ2) is 20.0. The monoisotopic (exact) mass is 447 g/mol. The van der Waals surface area contributed by atoms with Gasteiger partial charge >= 0.3 is 7.60 Å². The van der Waals surface area contributed by atoms with Crippen LogP contribution in [0.1, 0.15) is 65.2 Å². The molecule has 8 heteroatoms. The van der Waals surface area contributed by atoms with Crippen LogP contribution in [0.15, 0.2) is 30.3 Å². The summed E-state index contributed by atoms with van der Waals surface area (Å²) in [4.78, 5) is 5.23. The summed E-state index contributed by atoms with van der Waals surface area (Å²) in [5.41, 5.74) is 0. The van der Waals surface area contributed by atoms with Crippen molar-refractivity contribution in [3.05, 3.63) is 30.3 Å². The van der Waals surface area contributed by atoms with Crippen LogP contribution in [-0.2, 0) is 23.2 Å². The van der Waals surface area contributed by atoms with Crippen molar-refractivity contribution < 1.29 is 28.1 Å². The van der Waals surface area contributed by atoms with Gasteiger partial charge in [0.15, 0.2) is 5.75 Å². The predicted molar refractivity (Wildman–Crippen MR) is 122 cm³/mol. The van der Waals surface area contributed by atoms with Crippen molar-refractivity contribution in [1.29, 1.82) is 0 Å².